The third-order valence-electron chi connectivity index (χ3n) is 8.58. The van der Waals surface area contributed by atoms with Crippen LogP contribution in [0.3, 0.4) is 0 Å². The average molecular weight is 646 g/mol. The number of hydrogen-bond donors (Lipinski definition) is 2. The molecule has 3 aromatic rings. The third-order valence-corrected chi connectivity index (χ3v) is 10.7. The lowest BCUT2D eigenvalue weighted by Gasteiger charge is -2.49. The first kappa shape index (κ1) is 31.0. The van der Waals surface area contributed by atoms with E-state index in [4.69, 9.17) is 5.14 Å². The maximum atomic E-state index is 14.0. The summed E-state index contributed by atoms with van der Waals surface area (Å²) in [5, 5.41) is 14.9. The Bertz CT molecular complexity index is 1870. The van der Waals surface area contributed by atoms with E-state index in [2.05, 4.69) is 48.1 Å². The summed E-state index contributed by atoms with van der Waals surface area (Å²) in [6.07, 6.45) is 2.07. The van der Waals surface area contributed by atoms with Crippen LogP contribution in [0.1, 0.15) is 80.8 Å². The van der Waals surface area contributed by atoms with Crippen LogP contribution in [0.15, 0.2) is 75.4 Å². The number of amides is 1. The molecule has 0 bridgehead atoms. The van der Waals surface area contributed by atoms with Crippen LogP contribution < -0.4 is 15.4 Å². The lowest BCUT2D eigenvalue weighted by Crippen LogP contribution is -2.44. The number of nitrogens with two attached hydrogens (primary N) is 1. The molecule has 0 radical (unpaired) electrons. The minimum atomic E-state index is -4.04. The topological polar surface area (TPSA) is 152 Å². The second-order valence-electron chi connectivity index (χ2n) is 13.7. The number of aryl methyl sites for hydroxylation is 1. The van der Waals surface area contributed by atoms with Gasteiger partial charge >= 0.3 is 0 Å². The van der Waals surface area contributed by atoms with Crippen LogP contribution in [0.5, 0.6) is 0 Å². The molecule has 1 aromatic heterocycles. The van der Waals surface area contributed by atoms with Gasteiger partial charge in [0.05, 0.1) is 0 Å². The summed E-state index contributed by atoms with van der Waals surface area (Å²) in [6, 6.07) is 15.0. The summed E-state index contributed by atoms with van der Waals surface area (Å²) in [4.78, 5) is 43.2. The van der Waals surface area contributed by atoms with E-state index >= 15 is 0 Å². The number of aromatic nitrogens is 2. The number of Topliss-reactive ketones (excluding diaryl/α,β-unsaturated/α-hetero) is 2. The van der Waals surface area contributed by atoms with Gasteiger partial charge in [0.25, 0.3) is 15.9 Å². The van der Waals surface area contributed by atoms with Gasteiger partial charge < -0.3 is 4.90 Å². The average Bonchev–Trinajstić information content (AvgIpc) is 3.41. The first-order valence-electron chi connectivity index (χ1n) is 14.7. The van der Waals surface area contributed by atoms with E-state index in [1.54, 1.807) is 12.1 Å². The van der Waals surface area contributed by atoms with Crippen molar-refractivity contribution in [2.45, 2.75) is 70.6 Å². The van der Waals surface area contributed by atoms with Gasteiger partial charge in [-0.25, -0.2) is 13.6 Å². The van der Waals surface area contributed by atoms with Crippen molar-refractivity contribution >= 4 is 49.7 Å². The van der Waals surface area contributed by atoms with Gasteiger partial charge in [0, 0.05) is 52.6 Å². The summed E-state index contributed by atoms with van der Waals surface area (Å²) in [6.45, 7) is 10.4. The lowest BCUT2D eigenvalue weighted by molar-refractivity contribution is -0.119. The van der Waals surface area contributed by atoms with Crippen LogP contribution in [-0.2, 0) is 19.6 Å². The molecule has 0 saturated carbocycles. The molecule has 0 saturated heterocycles. The Hall–Kier alpha value is -4.00. The number of sulfonamides is 1. The second kappa shape index (κ2) is 10.8. The largest absolute Gasteiger partial charge is 0.317 e. The van der Waals surface area contributed by atoms with Crippen LogP contribution in [0.25, 0.3) is 0 Å². The van der Waals surface area contributed by atoms with Crippen molar-refractivity contribution in [2.75, 3.05) is 10.2 Å². The smallest absolute Gasteiger partial charge is 0.267 e. The first-order valence-corrected chi connectivity index (χ1v) is 17.1. The van der Waals surface area contributed by atoms with Crippen molar-refractivity contribution in [1.29, 1.82) is 0 Å². The third kappa shape index (κ3) is 5.89. The number of rotatable bonds is 5. The Morgan fingerprint density at radius 2 is 1.40 bits per heavy atom. The number of nitrogens with one attached hydrogen (secondary N) is 1. The van der Waals surface area contributed by atoms with Crippen molar-refractivity contribution in [3.8, 4) is 0 Å². The van der Waals surface area contributed by atoms with Crippen molar-refractivity contribution in [3.05, 3.63) is 87.8 Å². The van der Waals surface area contributed by atoms with E-state index in [0.717, 1.165) is 28.2 Å². The molecule has 0 spiro atoms. The highest BCUT2D eigenvalue weighted by Gasteiger charge is 2.49. The van der Waals surface area contributed by atoms with Gasteiger partial charge in [-0.15, -0.1) is 10.2 Å². The SMILES string of the molecule is Cc1ccc(C2C3=C(CC(C)(C)CC3=O)N(c3ccc(C(=O)Nc4nnc(S(N)(=O)=O)s4)cc3)C3=C2C(=O)CC(C)(C)C3)cc1. The molecule has 0 atom stereocenters. The molecule has 45 heavy (non-hydrogen) atoms. The highest BCUT2D eigenvalue weighted by Crippen LogP contribution is 2.55. The van der Waals surface area contributed by atoms with E-state index in [1.807, 2.05) is 43.3 Å². The summed E-state index contributed by atoms with van der Waals surface area (Å²) >= 11 is 0.661. The molecule has 10 nitrogen and oxygen atoms in total. The quantitative estimate of drug-likeness (QED) is 0.339. The fourth-order valence-electron chi connectivity index (χ4n) is 6.68. The molecule has 12 heteroatoms. The number of ketones is 2. The van der Waals surface area contributed by atoms with Crippen LogP contribution >= 0.6 is 11.3 Å². The van der Waals surface area contributed by atoms with E-state index in [-0.39, 0.29) is 27.5 Å². The molecule has 0 fully saturated rings. The maximum absolute atomic E-state index is 14.0. The highest BCUT2D eigenvalue weighted by molar-refractivity contribution is 7.91. The molecule has 0 unspecified atom stereocenters. The number of hydrogen-bond acceptors (Lipinski definition) is 9. The Kier molecular flexibility index (Phi) is 7.45. The monoisotopic (exact) mass is 645 g/mol. The van der Waals surface area contributed by atoms with Gasteiger partial charge in [-0.2, -0.15) is 0 Å². The number of anilines is 2. The van der Waals surface area contributed by atoms with Crippen molar-refractivity contribution < 1.29 is 22.8 Å². The Morgan fingerprint density at radius 3 is 1.89 bits per heavy atom. The number of carbonyl (C=O) groups excluding carboxylic acids is 3. The zero-order chi connectivity index (χ0) is 32.5. The molecule has 3 N–H and O–H groups in total. The zero-order valence-electron chi connectivity index (χ0n) is 25.8. The van der Waals surface area contributed by atoms with Crippen molar-refractivity contribution in [3.63, 3.8) is 0 Å². The van der Waals surface area contributed by atoms with E-state index in [1.165, 1.54) is 0 Å². The van der Waals surface area contributed by atoms with Crippen LogP contribution in [-0.4, -0.2) is 36.1 Å². The molecular weight excluding hydrogens is 611 g/mol. The minimum absolute atomic E-state index is 0.00164. The predicted octanol–water partition coefficient (Wildman–Crippen LogP) is 5.64. The summed E-state index contributed by atoms with van der Waals surface area (Å²) < 4.78 is 22.7. The van der Waals surface area contributed by atoms with Crippen LogP contribution in [0, 0.1) is 17.8 Å². The van der Waals surface area contributed by atoms with Crippen molar-refractivity contribution in [1.82, 2.24) is 10.2 Å². The summed E-state index contributed by atoms with van der Waals surface area (Å²) in [5.74, 6) is -0.835. The predicted molar refractivity (Wildman–Crippen MR) is 172 cm³/mol. The Labute approximate surface area is 266 Å². The van der Waals surface area contributed by atoms with Gasteiger partial charge in [0.15, 0.2) is 11.6 Å². The number of carbonyl (C=O) groups is 3. The molecule has 6 rings (SSSR count). The Morgan fingerprint density at radius 1 is 0.867 bits per heavy atom. The van der Waals surface area contributed by atoms with Crippen LogP contribution in [0.2, 0.25) is 0 Å². The lowest BCUT2D eigenvalue weighted by atomic mass is 9.63. The summed E-state index contributed by atoms with van der Waals surface area (Å²) in [5.41, 5.74) is 5.68. The van der Waals surface area contributed by atoms with E-state index in [0.29, 0.717) is 53.7 Å². The molecule has 3 aliphatic rings. The molecule has 1 aliphatic heterocycles. The number of allylic oxidation sites excluding steroid dienone is 4. The zero-order valence-corrected chi connectivity index (χ0v) is 27.4. The van der Waals surface area contributed by atoms with Crippen LogP contribution in [0.4, 0.5) is 10.8 Å². The maximum Gasteiger partial charge on any atom is 0.267 e. The summed E-state index contributed by atoms with van der Waals surface area (Å²) in [7, 11) is -4.04. The molecule has 2 aliphatic carbocycles. The first-order chi connectivity index (χ1) is 21.0. The molecule has 2 aromatic carbocycles. The van der Waals surface area contributed by atoms with Gasteiger partial charge in [-0.05, 0) is 60.4 Å². The fourth-order valence-corrected chi connectivity index (χ4v) is 8.00. The van der Waals surface area contributed by atoms with Crippen molar-refractivity contribution in [2.24, 2.45) is 16.0 Å². The fraction of sp³-hybridized carbons (Fsp3) is 0.364. The number of nitrogens with zero attached hydrogens (tertiary/aromatic N) is 3. The normalized spacial score (nSPS) is 19.8. The molecule has 2 heterocycles. The van der Waals surface area contributed by atoms with Gasteiger partial charge in [0.2, 0.25) is 9.47 Å². The number of primary sulfonamides is 1. The second-order valence-corrected chi connectivity index (χ2v) is 16.4. The van der Waals surface area contributed by atoms with E-state index < -0.39 is 26.2 Å². The standard InChI is InChI=1S/C33H35N5O5S2/c1-18-6-8-19(9-7-18)26-27-22(14-32(2,3)16-24(27)39)38(23-15-33(4,5)17-25(40)28(23)26)21-12-10-20(11-13-21)29(41)35-30-36-37-31(44-30)45(34,42)43/h6-13,26H,14-17H2,1-5H3,(H2,34,42,43)(H,35,36,41). The van der Waals surface area contributed by atoms with Gasteiger partial charge in [0.1, 0.15) is 0 Å². The highest BCUT2D eigenvalue weighted by atomic mass is 32.2. The molecule has 234 valence electrons. The van der Waals surface area contributed by atoms with Gasteiger partial charge in [-0.1, -0.05) is 68.9 Å². The molecule has 1 amide bonds. The molecular formula is C33H35N5O5S2. The van der Waals surface area contributed by atoms with Gasteiger partial charge in [-0.3, -0.25) is 19.7 Å². The number of benzene rings is 2. The van der Waals surface area contributed by atoms with E-state index in [9.17, 15) is 22.8 Å². The Balaban J connectivity index is 1.45. The minimum Gasteiger partial charge on any atom is -0.317 e.